The number of hydrogen-bond acceptors (Lipinski definition) is 5. The Kier molecular flexibility index (Phi) is 3.27. The Labute approximate surface area is 118 Å². The first-order chi connectivity index (χ1) is 8.67. The van der Waals surface area contributed by atoms with E-state index in [1.165, 1.54) is 11.8 Å². The Morgan fingerprint density at radius 2 is 2.11 bits per heavy atom. The summed E-state index contributed by atoms with van der Waals surface area (Å²) in [6.07, 6.45) is 4.74. The number of nitrogens with zero attached hydrogens (tertiary/aromatic N) is 4. The van der Waals surface area contributed by atoms with Gasteiger partial charge in [0.25, 0.3) is 0 Å². The van der Waals surface area contributed by atoms with Gasteiger partial charge in [0.15, 0.2) is 5.16 Å². The molecular formula is C11H13BrN4OS. The molecule has 3 rings (SSSR count). The third kappa shape index (κ3) is 2.38. The molecule has 0 spiro atoms. The lowest BCUT2D eigenvalue weighted by Gasteiger charge is -2.14. The van der Waals surface area contributed by atoms with Crippen LogP contribution in [0.2, 0.25) is 0 Å². The lowest BCUT2D eigenvalue weighted by atomic mass is 10.4. The number of anilines is 1. The second-order valence-corrected chi connectivity index (χ2v) is 6.63. The first-order valence-electron chi connectivity index (χ1n) is 5.92. The molecule has 0 aromatic carbocycles. The van der Waals surface area contributed by atoms with Gasteiger partial charge >= 0.3 is 0 Å². The minimum atomic E-state index is 0.0804. The van der Waals surface area contributed by atoms with Gasteiger partial charge in [0.05, 0.1) is 0 Å². The second-order valence-electron chi connectivity index (χ2n) is 4.56. The topological polar surface area (TPSA) is 59.0 Å². The molecule has 1 aliphatic carbocycles. The summed E-state index contributed by atoms with van der Waals surface area (Å²) in [5, 5.41) is 0.702. The van der Waals surface area contributed by atoms with Gasteiger partial charge in [-0.3, -0.25) is 9.69 Å². The number of rotatable bonds is 3. The van der Waals surface area contributed by atoms with Crippen molar-refractivity contribution in [3.63, 3.8) is 0 Å². The van der Waals surface area contributed by atoms with Crippen LogP contribution in [0.25, 0.3) is 0 Å². The van der Waals surface area contributed by atoms with E-state index < -0.39 is 0 Å². The van der Waals surface area contributed by atoms with Crippen molar-refractivity contribution >= 4 is 39.5 Å². The summed E-state index contributed by atoms with van der Waals surface area (Å²) < 4.78 is 0. The fourth-order valence-corrected chi connectivity index (χ4v) is 2.88. The van der Waals surface area contributed by atoms with Crippen molar-refractivity contribution in [1.29, 1.82) is 0 Å². The maximum atomic E-state index is 11.9. The molecule has 0 radical (unpaired) electrons. The summed E-state index contributed by atoms with van der Waals surface area (Å²) in [7, 11) is 0. The molecule has 1 aliphatic heterocycles. The number of alkyl halides is 1. The van der Waals surface area contributed by atoms with E-state index in [2.05, 4.69) is 30.9 Å². The SMILES string of the molecule is CSc1nc(C2CC2)nc(N2CC(Br)CC2=O)n1. The molecule has 96 valence electrons. The third-order valence-electron chi connectivity index (χ3n) is 3.06. The average Bonchev–Trinajstić information content (AvgIpc) is 3.14. The van der Waals surface area contributed by atoms with E-state index in [1.807, 2.05) is 6.26 Å². The van der Waals surface area contributed by atoms with Crippen LogP contribution in [-0.4, -0.2) is 38.5 Å². The summed E-state index contributed by atoms with van der Waals surface area (Å²) in [5.41, 5.74) is 0. The van der Waals surface area contributed by atoms with Gasteiger partial charge in [-0.1, -0.05) is 27.7 Å². The average molecular weight is 329 g/mol. The van der Waals surface area contributed by atoms with Crippen molar-refractivity contribution in [3.05, 3.63) is 5.82 Å². The first kappa shape index (κ1) is 12.3. The molecular weight excluding hydrogens is 316 g/mol. The molecule has 1 amide bonds. The molecule has 18 heavy (non-hydrogen) atoms. The number of hydrogen-bond donors (Lipinski definition) is 0. The molecule has 0 N–H and O–H groups in total. The van der Waals surface area contributed by atoms with Crippen LogP contribution >= 0.6 is 27.7 Å². The van der Waals surface area contributed by atoms with Crippen LogP contribution < -0.4 is 4.90 Å². The van der Waals surface area contributed by atoms with E-state index in [0.29, 0.717) is 30.0 Å². The van der Waals surface area contributed by atoms with Crippen LogP contribution in [0.4, 0.5) is 5.95 Å². The fourth-order valence-electron chi connectivity index (χ4n) is 1.95. The minimum Gasteiger partial charge on any atom is -0.279 e. The van der Waals surface area contributed by atoms with Crippen molar-refractivity contribution in [1.82, 2.24) is 15.0 Å². The van der Waals surface area contributed by atoms with Crippen LogP contribution in [0.15, 0.2) is 5.16 Å². The molecule has 1 aromatic heterocycles. The van der Waals surface area contributed by atoms with Crippen molar-refractivity contribution in [3.8, 4) is 0 Å². The van der Waals surface area contributed by atoms with Crippen LogP contribution in [0.5, 0.6) is 0 Å². The highest BCUT2D eigenvalue weighted by atomic mass is 79.9. The van der Waals surface area contributed by atoms with E-state index in [1.54, 1.807) is 4.90 Å². The molecule has 1 saturated heterocycles. The molecule has 1 unspecified atom stereocenters. The smallest absolute Gasteiger partial charge is 0.236 e. The number of aromatic nitrogens is 3. The summed E-state index contributed by atoms with van der Waals surface area (Å²) in [6.45, 7) is 0.640. The van der Waals surface area contributed by atoms with Crippen LogP contribution in [0.3, 0.4) is 0 Å². The summed E-state index contributed by atoms with van der Waals surface area (Å²) in [4.78, 5) is 27.0. The first-order valence-corrected chi connectivity index (χ1v) is 8.06. The highest BCUT2D eigenvalue weighted by Crippen LogP contribution is 2.39. The third-order valence-corrected chi connectivity index (χ3v) is 4.23. The summed E-state index contributed by atoms with van der Waals surface area (Å²) >= 11 is 4.96. The van der Waals surface area contributed by atoms with Gasteiger partial charge in [-0.05, 0) is 19.1 Å². The molecule has 2 heterocycles. The van der Waals surface area contributed by atoms with E-state index in [4.69, 9.17) is 0 Å². The summed E-state index contributed by atoms with van der Waals surface area (Å²) in [6, 6.07) is 0. The van der Waals surface area contributed by atoms with Gasteiger partial charge < -0.3 is 0 Å². The van der Waals surface area contributed by atoms with Crippen molar-refractivity contribution in [2.45, 2.75) is 35.2 Å². The zero-order chi connectivity index (χ0) is 12.7. The van der Waals surface area contributed by atoms with E-state index in [0.717, 1.165) is 18.7 Å². The lowest BCUT2D eigenvalue weighted by Crippen LogP contribution is -2.27. The Hall–Kier alpha value is -0.690. The van der Waals surface area contributed by atoms with Gasteiger partial charge in [-0.15, -0.1) is 0 Å². The fraction of sp³-hybridized carbons (Fsp3) is 0.636. The van der Waals surface area contributed by atoms with Gasteiger partial charge in [0, 0.05) is 23.7 Å². The predicted molar refractivity (Wildman–Crippen MR) is 73.3 cm³/mol. The van der Waals surface area contributed by atoms with E-state index >= 15 is 0 Å². The Balaban J connectivity index is 1.95. The highest BCUT2D eigenvalue weighted by molar-refractivity contribution is 9.09. The van der Waals surface area contributed by atoms with Crippen molar-refractivity contribution < 1.29 is 4.79 Å². The zero-order valence-corrected chi connectivity index (χ0v) is 12.4. The Bertz CT molecular complexity index is 494. The molecule has 7 heteroatoms. The molecule has 0 bridgehead atoms. The summed E-state index contributed by atoms with van der Waals surface area (Å²) in [5.74, 6) is 1.91. The van der Waals surface area contributed by atoms with Crippen molar-refractivity contribution in [2.75, 3.05) is 17.7 Å². The number of thioether (sulfide) groups is 1. The molecule has 2 aliphatic rings. The van der Waals surface area contributed by atoms with Gasteiger partial charge in [-0.25, -0.2) is 4.98 Å². The maximum absolute atomic E-state index is 11.9. The van der Waals surface area contributed by atoms with Gasteiger partial charge in [-0.2, -0.15) is 9.97 Å². The standard InChI is InChI=1S/C11H13BrN4OS/c1-18-11-14-9(6-2-3-6)13-10(15-11)16-5-7(12)4-8(16)17/h6-7H,2-5H2,1H3. The molecule has 2 fully saturated rings. The Morgan fingerprint density at radius 1 is 1.33 bits per heavy atom. The molecule has 1 atom stereocenters. The van der Waals surface area contributed by atoms with Crippen molar-refractivity contribution in [2.24, 2.45) is 0 Å². The number of halogens is 1. The Morgan fingerprint density at radius 3 is 2.67 bits per heavy atom. The number of amides is 1. The monoisotopic (exact) mass is 328 g/mol. The number of carbonyl (C=O) groups excluding carboxylic acids is 1. The largest absolute Gasteiger partial charge is 0.279 e. The number of carbonyl (C=O) groups is 1. The molecule has 5 nitrogen and oxygen atoms in total. The minimum absolute atomic E-state index is 0.0804. The van der Waals surface area contributed by atoms with Crippen LogP contribution in [0.1, 0.15) is 31.0 Å². The lowest BCUT2D eigenvalue weighted by molar-refractivity contribution is -0.117. The van der Waals surface area contributed by atoms with Crippen LogP contribution in [0, 0.1) is 0 Å². The zero-order valence-electron chi connectivity index (χ0n) is 9.97. The van der Waals surface area contributed by atoms with E-state index in [-0.39, 0.29) is 10.7 Å². The van der Waals surface area contributed by atoms with E-state index in [9.17, 15) is 4.79 Å². The van der Waals surface area contributed by atoms with Crippen LogP contribution in [-0.2, 0) is 4.79 Å². The normalized spacial score (nSPS) is 23.8. The maximum Gasteiger partial charge on any atom is 0.236 e. The molecule has 1 saturated carbocycles. The predicted octanol–water partition coefficient (Wildman–Crippen LogP) is 1.97. The van der Waals surface area contributed by atoms with Gasteiger partial charge in [0.1, 0.15) is 5.82 Å². The quantitative estimate of drug-likeness (QED) is 0.627. The highest BCUT2D eigenvalue weighted by Gasteiger charge is 2.33. The van der Waals surface area contributed by atoms with Gasteiger partial charge in [0.2, 0.25) is 11.9 Å². The second kappa shape index (κ2) is 4.77. The molecule has 1 aromatic rings.